The van der Waals surface area contributed by atoms with E-state index in [2.05, 4.69) is 9.71 Å². The smallest absolute Gasteiger partial charge is 0.211 e. The van der Waals surface area contributed by atoms with Gasteiger partial charge in [-0.2, -0.15) is 0 Å². The van der Waals surface area contributed by atoms with Crippen molar-refractivity contribution in [3.05, 3.63) is 30.1 Å². The van der Waals surface area contributed by atoms with Crippen LogP contribution < -0.4 is 10.5 Å². The first kappa shape index (κ1) is 16.1. The van der Waals surface area contributed by atoms with Gasteiger partial charge in [-0.15, -0.1) is 0 Å². The van der Waals surface area contributed by atoms with Crippen molar-refractivity contribution >= 4 is 10.0 Å². The lowest BCUT2D eigenvalue weighted by Crippen LogP contribution is -2.49. The highest BCUT2D eigenvalue weighted by atomic mass is 32.2. The van der Waals surface area contributed by atoms with Crippen LogP contribution in [0, 0.1) is 0 Å². The minimum Gasteiger partial charge on any atom is -0.324 e. The molecule has 0 atom stereocenters. The molecule has 0 aliphatic rings. The number of rotatable bonds is 8. The monoisotopic (exact) mass is 285 g/mol. The van der Waals surface area contributed by atoms with E-state index in [4.69, 9.17) is 5.73 Å². The average molecular weight is 285 g/mol. The second-order valence-electron chi connectivity index (χ2n) is 4.81. The van der Waals surface area contributed by atoms with Gasteiger partial charge in [-0.3, -0.25) is 4.98 Å². The molecule has 19 heavy (non-hydrogen) atoms. The van der Waals surface area contributed by atoms with E-state index in [0.717, 1.165) is 18.4 Å². The fourth-order valence-electron chi connectivity index (χ4n) is 1.63. The Balaban J connectivity index is 2.49. The maximum atomic E-state index is 11.9. The third kappa shape index (κ3) is 5.67. The summed E-state index contributed by atoms with van der Waals surface area (Å²) in [6.07, 6.45) is 5.29. The van der Waals surface area contributed by atoms with Gasteiger partial charge in [0.25, 0.3) is 0 Å². The fourth-order valence-corrected chi connectivity index (χ4v) is 2.78. The second-order valence-corrected chi connectivity index (χ2v) is 6.74. The van der Waals surface area contributed by atoms with Crippen LogP contribution in [0.5, 0.6) is 0 Å². The van der Waals surface area contributed by atoms with Crippen LogP contribution in [-0.2, 0) is 16.4 Å². The van der Waals surface area contributed by atoms with Crippen molar-refractivity contribution in [2.45, 2.75) is 38.6 Å². The Hall–Kier alpha value is -0.980. The summed E-state index contributed by atoms with van der Waals surface area (Å²) in [6, 6.07) is 3.64. The van der Waals surface area contributed by atoms with E-state index in [0.29, 0.717) is 13.0 Å². The van der Waals surface area contributed by atoms with Gasteiger partial charge < -0.3 is 5.73 Å². The van der Waals surface area contributed by atoms with Gasteiger partial charge in [0.15, 0.2) is 0 Å². The summed E-state index contributed by atoms with van der Waals surface area (Å²) in [5.41, 5.74) is 6.58. The molecule has 108 valence electrons. The summed E-state index contributed by atoms with van der Waals surface area (Å²) in [4.78, 5) is 3.90. The lowest BCUT2D eigenvalue weighted by molar-refractivity contribution is 0.392. The van der Waals surface area contributed by atoms with Gasteiger partial charge in [0.2, 0.25) is 10.0 Å². The van der Waals surface area contributed by atoms with Crippen LogP contribution in [0.2, 0.25) is 0 Å². The van der Waals surface area contributed by atoms with E-state index in [1.165, 1.54) is 0 Å². The minimum absolute atomic E-state index is 0.0700. The Kier molecular flexibility index (Phi) is 5.90. The fraction of sp³-hybridized carbons (Fsp3) is 0.615. The molecule has 0 bridgehead atoms. The molecule has 1 heterocycles. The van der Waals surface area contributed by atoms with E-state index >= 15 is 0 Å². The Labute approximate surface area is 115 Å². The maximum Gasteiger partial charge on any atom is 0.211 e. The number of aromatic nitrogens is 1. The van der Waals surface area contributed by atoms with Crippen molar-refractivity contribution < 1.29 is 8.42 Å². The lowest BCUT2D eigenvalue weighted by Gasteiger charge is -2.26. The molecule has 0 radical (unpaired) electrons. The van der Waals surface area contributed by atoms with Crippen LogP contribution in [0.4, 0.5) is 0 Å². The third-order valence-corrected chi connectivity index (χ3v) is 4.79. The van der Waals surface area contributed by atoms with Crippen molar-refractivity contribution in [2.75, 3.05) is 12.3 Å². The molecule has 6 heteroatoms. The molecule has 1 rings (SSSR count). The average Bonchev–Trinajstić information content (AvgIpc) is 2.44. The molecule has 0 fully saturated rings. The van der Waals surface area contributed by atoms with Crippen molar-refractivity contribution in [3.63, 3.8) is 0 Å². The van der Waals surface area contributed by atoms with E-state index in [-0.39, 0.29) is 5.75 Å². The van der Waals surface area contributed by atoms with Crippen molar-refractivity contribution in [1.29, 1.82) is 0 Å². The molecular formula is C13H23N3O2S. The summed E-state index contributed by atoms with van der Waals surface area (Å²) in [6.45, 7) is 4.22. The Morgan fingerprint density at radius 1 is 1.26 bits per heavy atom. The van der Waals surface area contributed by atoms with E-state index in [1.54, 1.807) is 12.4 Å². The SMILES string of the molecule is CCC(N)(CC)CNS(=O)(=O)CCc1ccncc1. The third-order valence-electron chi connectivity index (χ3n) is 3.46. The van der Waals surface area contributed by atoms with Crippen LogP contribution in [0.15, 0.2) is 24.5 Å². The Bertz CT molecular complexity index is 470. The first-order valence-electron chi connectivity index (χ1n) is 6.56. The molecule has 0 aliphatic heterocycles. The summed E-state index contributed by atoms with van der Waals surface area (Å²) < 4.78 is 26.4. The van der Waals surface area contributed by atoms with Crippen LogP contribution in [0.25, 0.3) is 0 Å². The summed E-state index contributed by atoms with van der Waals surface area (Å²) in [5, 5.41) is 0. The van der Waals surface area contributed by atoms with E-state index in [1.807, 2.05) is 26.0 Å². The Morgan fingerprint density at radius 3 is 2.37 bits per heavy atom. The zero-order valence-corrected chi connectivity index (χ0v) is 12.4. The van der Waals surface area contributed by atoms with Crippen LogP contribution >= 0.6 is 0 Å². The van der Waals surface area contributed by atoms with Gasteiger partial charge in [-0.25, -0.2) is 13.1 Å². The van der Waals surface area contributed by atoms with Gasteiger partial charge in [-0.05, 0) is 37.0 Å². The minimum atomic E-state index is -3.28. The molecular weight excluding hydrogens is 262 g/mol. The molecule has 0 aromatic carbocycles. The number of hydrogen-bond donors (Lipinski definition) is 2. The lowest BCUT2D eigenvalue weighted by atomic mass is 9.95. The predicted octanol–water partition coefficient (Wildman–Crippen LogP) is 1.06. The molecule has 5 nitrogen and oxygen atoms in total. The summed E-state index contributed by atoms with van der Waals surface area (Å²) in [7, 11) is -3.28. The number of nitrogens with zero attached hydrogens (tertiary/aromatic N) is 1. The van der Waals surface area contributed by atoms with Gasteiger partial charge >= 0.3 is 0 Å². The number of pyridine rings is 1. The molecule has 0 saturated carbocycles. The maximum absolute atomic E-state index is 11.9. The Morgan fingerprint density at radius 2 is 1.84 bits per heavy atom. The summed E-state index contributed by atoms with van der Waals surface area (Å²) >= 11 is 0. The first-order valence-corrected chi connectivity index (χ1v) is 8.21. The van der Waals surface area contributed by atoms with Gasteiger partial charge in [0, 0.05) is 24.5 Å². The van der Waals surface area contributed by atoms with Crippen LogP contribution in [0.3, 0.4) is 0 Å². The quantitative estimate of drug-likeness (QED) is 0.748. The molecule has 0 unspecified atom stereocenters. The van der Waals surface area contributed by atoms with Crippen molar-refractivity contribution in [3.8, 4) is 0 Å². The molecule has 0 saturated heterocycles. The molecule has 0 spiro atoms. The number of sulfonamides is 1. The standard InChI is InChI=1S/C13H23N3O2S/c1-3-13(14,4-2)11-16-19(17,18)10-7-12-5-8-15-9-6-12/h5-6,8-9,16H,3-4,7,10-11,14H2,1-2H3. The van der Waals surface area contributed by atoms with E-state index < -0.39 is 15.6 Å². The topological polar surface area (TPSA) is 85.1 Å². The first-order chi connectivity index (χ1) is 8.91. The molecule has 1 aromatic rings. The number of nitrogens with two attached hydrogens (primary N) is 1. The second kappa shape index (κ2) is 6.98. The van der Waals surface area contributed by atoms with Crippen molar-refractivity contribution in [1.82, 2.24) is 9.71 Å². The van der Waals surface area contributed by atoms with Crippen LogP contribution in [0.1, 0.15) is 32.3 Å². The molecule has 0 aliphatic carbocycles. The summed E-state index contributed by atoms with van der Waals surface area (Å²) in [5.74, 6) is 0.0700. The van der Waals surface area contributed by atoms with Gasteiger partial charge in [0.05, 0.1) is 5.75 Å². The normalized spacial score (nSPS) is 12.6. The zero-order valence-electron chi connectivity index (χ0n) is 11.6. The highest BCUT2D eigenvalue weighted by Crippen LogP contribution is 2.10. The number of hydrogen-bond acceptors (Lipinski definition) is 4. The number of aryl methyl sites for hydroxylation is 1. The van der Waals surface area contributed by atoms with E-state index in [9.17, 15) is 8.42 Å². The molecule has 3 N–H and O–H groups in total. The predicted molar refractivity (Wildman–Crippen MR) is 77.2 cm³/mol. The highest BCUT2D eigenvalue weighted by Gasteiger charge is 2.22. The largest absolute Gasteiger partial charge is 0.324 e. The molecule has 0 amide bonds. The highest BCUT2D eigenvalue weighted by molar-refractivity contribution is 7.89. The van der Waals surface area contributed by atoms with Crippen molar-refractivity contribution in [2.24, 2.45) is 5.73 Å². The van der Waals surface area contributed by atoms with Crippen LogP contribution in [-0.4, -0.2) is 31.2 Å². The van der Waals surface area contributed by atoms with Gasteiger partial charge in [0.1, 0.15) is 0 Å². The number of nitrogens with one attached hydrogen (secondary N) is 1. The van der Waals surface area contributed by atoms with Gasteiger partial charge in [-0.1, -0.05) is 13.8 Å². The molecule has 1 aromatic heterocycles. The zero-order chi connectivity index (χ0) is 14.4.